The SMILES string of the molecule is C(=Cc1c2c(cc(-c3ccccc3)c1-c1ccccc1)-c1ccccc1C2)c1c2c(cc(-c3ccccc3)c1-c1ccccc1)-c1ccccc1C2. The van der Waals surface area contributed by atoms with Crippen LogP contribution in [-0.2, 0) is 12.8 Å². The molecule has 0 aliphatic heterocycles. The molecule has 0 spiro atoms. The van der Waals surface area contributed by atoms with Gasteiger partial charge in [-0.3, -0.25) is 0 Å². The molecule has 8 aromatic carbocycles. The average molecular weight is 661 g/mol. The molecule has 0 amide bonds. The van der Waals surface area contributed by atoms with E-state index in [9.17, 15) is 0 Å². The molecule has 0 radical (unpaired) electrons. The zero-order valence-corrected chi connectivity index (χ0v) is 28.9. The summed E-state index contributed by atoms with van der Waals surface area (Å²) in [6.07, 6.45) is 6.75. The smallest absolute Gasteiger partial charge is 0.000727 e. The van der Waals surface area contributed by atoms with E-state index in [-0.39, 0.29) is 0 Å². The average Bonchev–Trinajstić information content (AvgIpc) is 3.79. The Hall–Kier alpha value is -6.50. The number of hydrogen-bond donors (Lipinski definition) is 0. The maximum absolute atomic E-state index is 2.46. The van der Waals surface area contributed by atoms with Crippen LogP contribution in [0.4, 0.5) is 0 Å². The Morgan fingerprint density at radius 1 is 0.288 bits per heavy atom. The third kappa shape index (κ3) is 5.07. The Morgan fingerprint density at radius 2 is 0.615 bits per heavy atom. The fraction of sp³-hybridized carbons (Fsp3) is 0.0385. The predicted molar refractivity (Wildman–Crippen MR) is 220 cm³/mol. The fourth-order valence-corrected chi connectivity index (χ4v) is 8.66. The molecule has 0 fully saturated rings. The van der Waals surface area contributed by atoms with Gasteiger partial charge in [-0.1, -0.05) is 182 Å². The lowest BCUT2D eigenvalue weighted by atomic mass is 9.83. The Labute approximate surface area is 306 Å². The lowest BCUT2D eigenvalue weighted by Crippen LogP contribution is -1.98. The van der Waals surface area contributed by atoms with Crippen LogP contribution in [0, 0.1) is 0 Å². The van der Waals surface area contributed by atoms with Gasteiger partial charge in [0.25, 0.3) is 0 Å². The van der Waals surface area contributed by atoms with Crippen LogP contribution >= 0.6 is 0 Å². The molecule has 0 saturated carbocycles. The lowest BCUT2D eigenvalue weighted by molar-refractivity contribution is 1.25. The van der Waals surface area contributed by atoms with Gasteiger partial charge < -0.3 is 0 Å². The van der Waals surface area contributed by atoms with Gasteiger partial charge in [0.1, 0.15) is 0 Å². The molecule has 0 aromatic heterocycles. The van der Waals surface area contributed by atoms with Gasteiger partial charge in [0.15, 0.2) is 0 Å². The van der Waals surface area contributed by atoms with Crippen molar-refractivity contribution in [3.8, 4) is 66.8 Å². The Morgan fingerprint density at radius 3 is 1.00 bits per heavy atom. The predicted octanol–water partition coefficient (Wildman–Crippen LogP) is 13.7. The van der Waals surface area contributed by atoms with Crippen molar-refractivity contribution in [2.24, 2.45) is 0 Å². The molecular formula is C52H36. The molecule has 0 heterocycles. The van der Waals surface area contributed by atoms with Crippen LogP contribution in [0.5, 0.6) is 0 Å². The van der Waals surface area contributed by atoms with Crippen LogP contribution in [0.2, 0.25) is 0 Å². The van der Waals surface area contributed by atoms with E-state index < -0.39 is 0 Å². The molecule has 0 bridgehead atoms. The second-order valence-electron chi connectivity index (χ2n) is 13.9. The minimum atomic E-state index is 0.916. The van der Waals surface area contributed by atoms with Gasteiger partial charge in [0.2, 0.25) is 0 Å². The van der Waals surface area contributed by atoms with E-state index in [0.29, 0.717) is 0 Å². The molecule has 0 saturated heterocycles. The minimum absolute atomic E-state index is 0.916. The van der Waals surface area contributed by atoms with Crippen LogP contribution < -0.4 is 0 Å². The highest BCUT2D eigenvalue weighted by Crippen LogP contribution is 2.50. The van der Waals surface area contributed by atoms with Gasteiger partial charge in [0.05, 0.1) is 0 Å². The topological polar surface area (TPSA) is 0 Å². The van der Waals surface area contributed by atoms with E-state index in [2.05, 4.69) is 194 Å². The van der Waals surface area contributed by atoms with E-state index >= 15 is 0 Å². The largest absolute Gasteiger partial charge is 0.0622 e. The van der Waals surface area contributed by atoms with Crippen molar-refractivity contribution in [3.63, 3.8) is 0 Å². The van der Waals surface area contributed by atoms with Crippen LogP contribution in [0.15, 0.2) is 182 Å². The van der Waals surface area contributed by atoms with Crippen molar-refractivity contribution in [1.29, 1.82) is 0 Å². The highest BCUT2D eigenvalue weighted by molar-refractivity contribution is 6.02. The lowest BCUT2D eigenvalue weighted by Gasteiger charge is -2.21. The van der Waals surface area contributed by atoms with E-state index in [1.807, 2.05) is 0 Å². The third-order valence-corrected chi connectivity index (χ3v) is 11.0. The van der Waals surface area contributed by atoms with Crippen molar-refractivity contribution >= 4 is 12.2 Å². The van der Waals surface area contributed by atoms with E-state index in [0.717, 1.165) is 12.8 Å². The first-order valence-corrected chi connectivity index (χ1v) is 18.3. The molecule has 0 heteroatoms. The molecule has 0 N–H and O–H groups in total. The van der Waals surface area contributed by atoms with Crippen molar-refractivity contribution in [2.45, 2.75) is 12.8 Å². The van der Waals surface area contributed by atoms with Crippen molar-refractivity contribution < 1.29 is 0 Å². The molecular weight excluding hydrogens is 625 g/mol. The summed E-state index contributed by atoms with van der Waals surface area (Å²) in [6.45, 7) is 0. The van der Waals surface area contributed by atoms with Crippen LogP contribution in [0.25, 0.3) is 78.9 Å². The molecule has 2 aliphatic rings. The summed E-state index contributed by atoms with van der Waals surface area (Å²) in [6, 6.07) is 66.7. The minimum Gasteiger partial charge on any atom is -0.0622 e. The Kier molecular flexibility index (Phi) is 7.40. The molecule has 8 aromatic rings. The second-order valence-corrected chi connectivity index (χ2v) is 13.9. The summed E-state index contributed by atoms with van der Waals surface area (Å²) in [5.41, 5.74) is 23.6. The maximum atomic E-state index is 2.46. The number of rotatable bonds is 6. The highest BCUT2D eigenvalue weighted by atomic mass is 14.3. The quantitative estimate of drug-likeness (QED) is 0.156. The maximum Gasteiger partial charge on any atom is -0.000727 e. The van der Waals surface area contributed by atoms with Gasteiger partial charge in [-0.15, -0.1) is 0 Å². The van der Waals surface area contributed by atoms with E-state index in [1.165, 1.54) is 100 Å². The summed E-state index contributed by atoms with van der Waals surface area (Å²) in [5, 5.41) is 0. The van der Waals surface area contributed by atoms with Gasteiger partial charge >= 0.3 is 0 Å². The Bertz CT molecular complexity index is 2440. The van der Waals surface area contributed by atoms with Gasteiger partial charge in [-0.05, 0) is 125 Å². The normalized spacial score (nSPS) is 12.4. The van der Waals surface area contributed by atoms with Crippen molar-refractivity contribution in [2.75, 3.05) is 0 Å². The second kappa shape index (κ2) is 12.7. The fourth-order valence-electron chi connectivity index (χ4n) is 8.66. The van der Waals surface area contributed by atoms with Crippen LogP contribution in [-0.4, -0.2) is 0 Å². The molecule has 10 rings (SSSR count). The number of fused-ring (bicyclic) bond motifs is 6. The Balaban J connectivity index is 1.30. The number of benzene rings is 8. The first kappa shape index (κ1) is 30.3. The first-order chi connectivity index (χ1) is 25.8. The monoisotopic (exact) mass is 660 g/mol. The zero-order valence-electron chi connectivity index (χ0n) is 28.9. The van der Waals surface area contributed by atoms with Crippen molar-refractivity contribution in [1.82, 2.24) is 0 Å². The van der Waals surface area contributed by atoms with Crippen LogP contribution in [0.3, 0.4) is 0 Å². The highest BCUT2D eigenvalue weighted by Gasteiger charge is 2.28. The van der Waals surface area contributed by atoms with Crippen molar-refractivity contribution in [3.05, 3.63) is 215 Å². The first-order valence-electron chi connectivity index (χ1n) is 18.3. The van der Waals surface area contributed by atoms with Gasteiger partial charge in [-0.25, -0.2) is 0 Å². The molecule has 244 valence electrons. The zero-order chi connectivity index (χ0) is 34.4. The number of hydrogen-bond acceptors (Lipinski definition) is 0. The molecule has 0 unspecified atom stereocenters. The van der Waals surface area contributed by atoms with E-state index in [1.54, 1.807) is 0 Å². The summed E-state index contributed by atoms with van der Waals surface area (Å²) >= 11 is 0. The molecule has 2 aliphatic carbocycles. The summed E-state index contributed by atoms with van der Waals surface area (Å²) in [5.74, 6) is 0. The molecule has 52 heavy (non-hydrogen) atoms. The van der Waals surface area contributed by atoms with Crippen LogP contribution in [0.1, 0.15) is 33.4 Å². The summed E-state index contributed by atoms with van der Waals surface area (Å²) in [7, 11) is 0. The third-order valence-electron chi connectivity index (χ3n) is 11.0. The summed E-state index contributed by atoms with van der Waals surface area (Å²) < 4.78 is 0. The van der Waals surface area contributed by atoms with Gasteiger partial charge in [-0.2, -0.15) is 0 Å². The van der Waals surface area contributed by atoms with Gasteiger partial charge in [0, 0.05) is 0 Å². The molecule has 0 atom stereocenters. The van der Waals surface area contributed by atoms with E-state index in [4.69, 9.17) is 0 Å². The molecule has 0 nitrogen and oxygen atoms in total. The summed E-state index contributed by atoms with van der Waals surface area (Å²) in [4.78, 5) is 0. The standard InChI is InChI=1S/C52H36/c1-5-17-35(18-6-1)45-33-49-41-27-15-13-25-39(41)31-47(49)43(51(45)37-21-9-3-10-22-37)29-30-44-48-32-40-26-14-16-28-42(40)50(48)34-46(36-19-7-2-8-20-36)52(44)38-23-11-4-12-24-38/h1-30,33-34H,31-32H2.